The van der Waals surface area contributed by atoms with Crippen LogP contribution in [0.5, 0.6) is 0 Å². The van der Waals surface area contributed by atoms with Crippen LogP contribution < -0.4 is 0 Å². The molecule has 0 amide bonds. The van der Waals surface area contributed by atoms with Gasteiger partial charge in [0.1, 0.15) is 7.11 Å². The van der Waals surface area contributed by atoms with Crippen LogP contribution in [0.3, 0.4) is 0 Å². The van der Waals surface area contributed by atoms with Crippen molar-refractivity contribution in [1.82, 2.24) is 4.98 Å². The maximum absolute atomic E-state index is 4.91. The van der Waals surface area contributed by atoms with E-state index in [1.807, 2.05) is 6.20 Å². The molecule has 3 rings (SSSR count). The Bertz CT molecular complexity index is 402. The predicted molar refractivity (Wildman–Crippen MR) is 62.5 cm³/mol. The van der Waals surface area contributed by atoms with E-state index in [4.69, 9.17) is 4.84 Å². The van der Waals surface area contributed by atoms with Crippen LogP contribution in [0, 0.1) is 5.92 Å². The van der Waals surface area contributed by atoms with Crippen molar-refractivity contribution in [1.29, 1.82) is 0 Å². The number of oxime groups is 1. The molecule has 2 aliphatic carbocycles. The van der Waals surface area contributed by atoms with E-state index in [0.29, 0.717) is 5.92 Å². The summed E-state index contributed by atoms with van der Waals surface area (Å²) in [7, 11) is 1.61. The third kappa shape index (κ3) is 1.94. The minimum absolute atomic E-state index is 0.591. The molecule has 0 radical (unpaired) electrons. The van der Waals surface area contributed by atoms with Gasteiger partial charge in [0, 0.05) is 29.3 Å². The lowest BCUT2D eigenvalue weighted by molar-refractivity contribution is 0.212. The molecule has 84 valence electrons. The van der Waals surface area contributed by atoms with Crippen LogP contribution >= 0.6 is 0 Å². The van der Waals surface area contributed by atoms with Gasteiger partial charge in [0.05, 0.1) is 5.71 Å². The van der Waals surface area contributed by atoms with E-state index in [9.17, 15) is 0 Å². The summed E-state index contributed by atoms with van der Waals surface area (Å²) < 4.78 is 0. The van der Waals surface area contributed by atoms with Crippen molar-refractivity contribution < 1.29 is 4.84 Å². The van der Waals surface area contributed by atoms with Gasteiger partial charge in [0.2, 0.25) is 0 Å². The Morgan fingerprint density at radius 3 is 2.62 bits per heavy atom. The van der Waals surface area contributed by atoms with E-state index in [2.05, 4.69) is 22.3 Å². The summed E-state index contributed by atoms with van der Waals surface area (Å²) in [6.07, 6.45) is 7.00. The third-order valence-corrected chi connectivity index (χ3v) is 3.23. The zero-order chi connectivity index (χ0) is 11.0. The molecule has 3 heteroatoms. The second-order valence-electron chi connectivity index (χ2n) is 4.68. The number of aromatic nitrogens is 1. The van der Waals surface area contributed by atoms with Gasteiger partial charge >= 0.3 is 0 Å². The van der Waals surface area contributed by atoms with Gasteiger partial charge in [0.15, 0.2) is 0 Å². The standard InChI is InChI=1S/C13H16N2O/c1-16-15-13(10-4-5-10)11-6-7-12(14-8-11)9-2-3-9/h6-10H,2-5H2,1H3/b15-13-. The fourth-order valence-electron chi connectivity index (χ4n) is 2.00. The summed E-state index contributed by atoms with van der Waals surface area (Å²) in [4.78, 5) is 9.43. The minimum atomic E-state index is 0.591. The highest BCUT2D eigenvalue weighted by Gasteiger charge is 2.30. The van der Waals surface area contributed by atoms with Crippen molar-refractivity contribution in [2.24, 2.45) is 11.1 Å². The summed E-state index contributed by atoms with van der Waals surface area (Å²) >= 11 is 0. The molecular formula is C13H16N2O. The van der Waals surface area contributed by atoms with Gasteiger partial charge in [-0.15, -0.1) is 0 Å². The zero-order valence-corrected chi connectivity index (χ0v) is 9.52. The van der Waals surface area contributed by atoms with Crippen molar-refractivity contribution in [3.63, 3.8) is 0 Å². The lowest BCUT2D eigenvalue weighted by Crippen LogP contribution is -2.05. The molecule has 0 spiro atoms. The first-order valence-electron chi connectivity index (χ1n) is 5.96. The van der Waals surface area contributed by atoms with Crippen molar-refractivity contribution >= 4 is 5.71 Å². The Balaban J connectivity index is 1.83. The van der Waals surface area contributed by atoms with Gasteiger partial charge in [0.25, 0.3) is 0 Å². The molecule has 1 aromatic heterocycles. The smallest absolute Gasteiger partial charge is 0.106 e. The van der Waals surface area contributed by atoms with Gasteiger partial charge in [-0.05, 0) is 37.8 Å². The van der Waals surface area contributed by atoms with E-state index in [1.54, 1.807) is 7.11 Å². The number of hydrogen-bond donors (Lipinski definition) is 0. The Hall–Kier alpha value is -1.38. The second kappa shape index (κ2) is 3.89. The molecule has 0 atom stereocenters. The van der Waals surface area contributed by atoms with Crippen LogP contribution in [0.2, 0.25) is 0 Å². The molecule has 3 nitrogen and oxygen atoms in total. The SMILES string of the molecule is CO/N=C(\c1ccc(C2CC2)nc1)C1CC1. The van der Waals surface area contributed by atoms with Crippen LogP contribution in [0.4, 0.5) is 0 Å². The molecule has 1 aromatic rings. The molecule has 0 N–H and O–H groups in total. The highest BCUT2D eigenvalue weighted by Crippen LogP contribution is 2.39. The highest BCUT2D eigenvalue weighted by atomic mass is 16.6. The fourth-order valence-corrected chi connectivity index (χ4v) is 2.00. The van der Waals surface area contributed by atoms with Crippen LogP contribution in [-0.2, 0) is 4.84 Å². The van der Waals surface area contributed by atoms with Gasteiger partial charge in [-0.1, -0.05) is 5.16 Å². The number of rotatable bonds is 4. The average molecular weight is 216 g/mol. The highest BCUT2D eigenvalue weighted by molar-refractivity contribution is 6.03. The quantitative estimate of drug-likeness (QED) is 0.573. The van der Waals surface area contributed by atoms with Gasteiger partial charge in [-0.2, -0.15) is 0 Å². The van der Waals surface area contributed by atoms with Gasteiger partial charge in [-0.25, -0.2) is 0 Å². The molecule has 2 saturated carbocycles. The first kappa shape index (κ1) is 9.82. The van der Waals surface area contributed by atoms with E-state index in [-0.39, 0.29) is 0 Å². The van der Waals surface area contributed by atoms with Crippen molar-refractivity contribution in [3.8, 4) is 0 Å². The largest absolute Gasteiger partial charge is 0.399 e. The van der Waals surface area contributed by atoms with Crippen LogP contribution in [0.25, 0.3) is 0 Å². The van der Waals surface area contributed by atoms with E-state index < -0.39 is 0 Å². The Morgan fingerprint density at radius 1 is 1.31 bits per heavy atom. The zero-order valence-electron chi connectivity index (χ0n) is 9.52. The monoisotopic (exact) mass is 216 g/mol. The summed E-state index contributed by atoms with van der Waals surface area (Å²) in [6, 6.07) is 4.28. The molecule has 0 saturated heterocycles. The first-order chi connectivity index (χ1) is 7.88. The van der Waals surface area contributed by atoms with Gasteiger partial charge in [-0.3, -0.25) is 4.98 Å². The topological polar surface area (TPSA) is 34.5 Å². The van der Waals surface area contributed by atoms with Crippen LogP contribution in [-0.4, -0.2) is 17.8 Å². The second-order valence-corrected chi connectivity index (χ2v) is 4.68. The molecule has 2 fully saturated rings. The van der Waals surface area contributed by atoms with E-state index in [0.717, 1.165) is 17.2 Å². The van der Waals surface area contributed by atoms with Crippen molar-refractivity contribution in [2.45, 2.75) is 31.6 Å². The Morgan fingerprint density at radius 2 is 2.12 bits per heavy atom. The summed E-state index contributed by atoms with van der Waals surface area (Å²) in [5.41, 5.74) is 3.42. The molecule has 1 heterocycles. The maximum Gasteiger partial charge on any atom is 0.106 e. The summed E-state index contributed by atoms with van der Waals surface area (Å²) in [5.74, 6) is 1.31. The molecule has 0 aromatic carbocycles. The van der Waals surface area contributed by atoms with Crippen molar-refractivity contribution in [2.75, 3.05) is 7.11 Å². The lowest BCUT2D eigenvalue weighted by atomic mass is 10.1. The fraction of sp³-hybridized carbons (Fsp3) is 0.538. The molecule has 0 bridgehead atoms. The summed E-state index contributed by atoms with van der Waals surface area (Å²) in [5, 5.41) is 4.12. The normalized spacial score (nSPS) is 20.9. The maximum atomic E-state index is 4.91. The predicted octanol–water partition coefficient (Wildman–Crippen LogP) is 2.72. The Labute approximate surface area is 95.5 Å². The first-order valence-corrected chi connectivity index (χ1v) is 5.96. The number of nitrogens with zero attached hydrogens (tertiary/aromatic N) is 2. The molecule has 0 aliphatic heterocycles. The van der Waals surface area contributed by atoms with Gasteiger partial charge < -0.3 is 4.84 Å². The Kier molecular flexibility index (Phi) is 2.39. The minimum Gasteiger partial charge on any atom is -0.399 e. The van der Waals surface area contributed by atoms with E-state index >= 15 is 0 Å². The lowest BCUT2D eigenvalue weighted by Gasteiger charge is -2.04. The van der Waals surface area contributed by atoms with E-state index in [1.165, 1.54) is 31.4 Å². The molecule has 16 heavy (non-hydrogen) atoms. The molecular weight excluding hydrogens is 200 g/mol. The van der Waals surface area contributed by atoms with Crippen molar-refractivity contribution in [3.05, 3.63) is 29.6 Å². The molecule has 0 unspecified atom stereocenters. The molecule has 2 aliphatic rings. The van der Waals surface area contributed by atoms with Crippen LogP contribution in [0.15, 0.2) is 23.5 Å². The number of hydrogen-bond acceptors (Lipinski definition) is 3. The summed E-state index contributed by atoms with van der Waals surface area (Å²) in [6.45, 7) is 0. The third-order valence-electron chi connectivity index (χ3n) is 3.23. The van der Waals surface area contributed by atoms with Crippen LogP contribution in [0.1, 0.15) is 42.9 Å². The number of pyridine rings is 1. The average Bonchev–Trinajstić information content (AvgIpc) is 3.19.